The van der Waals surface area contributed by atoms with Gasteiger partial charge in [-0.2, -0.15) is 0 Å². The van der Waals surface area contributed by atoms with Crippen LogP contribution in [0.1, 0.15) is 36.5 Å². The number of hydrogen-bond donors (Lipinski definition) is 3. The molecule has 2 amide bonds. The molecular formula is C16H18Cl2N2O4. The van der Waals surface area contributed by atoms with Crippen LogP contribution in [0.3, 0.4) is 0 Å². The molecule has 0 bridgehead atoms. The van der Waals surface area contributed by atoms with Crippen molar-refractivity contribution in [2.24, 2.45) is 5.92 Å². The molecule has 0 heterocycles. The zero-order valence-corrected chi connectivity index (χ0v) is 14.5. The number of aliphatic carboxylic acids is 1. The van der Waals surface area contributed by atoms with E-state index in [2.05, 4.69) is 10.6 Å². The summed E-state index contributed by atoms with van der Waals surface area (Å²) in [6.07, 6.45) is 1.56. The molecule has 24 heavy (non-hydrogen) atoms. The Morgan fingerprint density at radius 3 is 2.58 bits per heavy atom. The highest BCUT2D eigenvalue weighted by Gasteiger charge is 2.31. The number of nitrogens with one attached hydrogen (secondary N) is 2. The van der Waals surface area contributed by atoms with E-state index in [-0.39, 0.29) is 27.6 Å². The second kappa shape index (κ2) is 7.85. The summed E-state index contributed by atoms with van der Waals surface area (Å²) in [6, 6.07) is 3.71. The van der Waals surface area contributed by atoms with Crippen LogP contribution in [0, 0.1) is 5.92 Å². The van der Waals surface area contributed by atoms with Crippen molar-refractivity contribution in [1.29, 1.82) is 0 Å². The number of hydrogen-bond acceptors (Lipinski definition) is 3. The molecule has 0 radical (unpaired) electrons. The fourth-order valence-electron chi connectivity index (χ4n) is 2.68. The largest absolute Gasteiger partial charge is 0.481 e. The van der Waals surface area contributed by atoms with Gasteiger partial charge in [-0.25, -0.2) is 0 Å². The number of carbonyl (C=O) groups excluding carboxylic acids is 2. The highest BCUT2D eigenvalue weighted by atomic mass is 35.5. The molecule has 3 atom stereocenters. The number of rotatable bonds is 5. The Hall–Kier alpha value is -1.79. The van der Waals surface area contributed by atoms with E-state index >= 15 is 0 Å². The fraction of sp³-hybridized carbons (Fsp3) is 0.438. The van der Waals surface area contributed by atoms with E-state index in [1.54, 1.807) is 19.1 Å². The maximum absolute atomic E-state index is 12.2. The normalized spacial score (nSPS) is 21.1. The molecule has 0 spiro atoms. The average molecular weight is 373 g/mol. The average Bonchev–Trinajstić information content (AvgIpc) is 2.98. The third kappa shape index (κ3) is 4.39. The lowest BCUT2D eigenvalue weighted by atomic mass is 10.1. The molecule has 1 unspecified atom stereocenters. The highest BCUT2D eigenvalue weighted by Crippen LogP contribution is 2.26. The molecule has 8 heteroatoms. The van der Waals surface area contributed by atoms with Crippen molar-refractivity contribution in [3.8, 4) is 0 Å². The number of carbonyl (C=O) groups is 3. The maximum Gasteiger partial charge on any atom is 0.306 e. The maximum atomic E-state index is 12.2. The van der Waals surface area contributed by atoms with Crippen LogP contribution in [0.2, 0.25) is 10.0 Å². The zero-order chi connectivity index (χ0) is 17.9. The molecule has 1 aromatic rings. The van der Waals surface area contributed by atoms with Crippen LogP contribution < -0.4 is 10.6 Å². The molecule has 0 aliphatic heterocycles. The predicted octanol–water partition coefficient (Wildman–Crippen LogP) is 2.48. The summed E-state index contributed by atoms with van der Waals surface area (Å²) >= 11 is 11.9. The molecule has 0 saturated heterocycles. The van der Waals surface area contributed by atoms with Crippen LogP contribution in [-0.4, -0.2) is 35.0 Å². The first-order chi connectivity index (χ1) is 11.3. The topological polar surface area (TPSA) is 95.5 Å². The predicted molar refractivity (Wildman–Crippen MR) is 90.3 cm³/mol. The Balaban J connectivity index is 1.91. The van der Waals surface area contributed by atoms with Gasteiger partial charge in [-0.3, -0.25) is 14.4 Å². The Labute approximate surface area is 149 Å². The molecular weight excluding hydrogens is 355 g/mol. The van der Waals surface area contributed by atoms with Gasteiger partial charge in [0.1, 0.15) is 6.04 Å². The second-order valence-electron chi connectivity index (χ2n) is 5.85. The first kappa shape index (κ1) is 18.5. The minimum absolute atomic E-state index is 0.129. The second-order valence-corrected chi connectivity index (χ2v) is 6.64. The number of halogens is 2. The van der Waals surface area contributed by atoms with Crippen LogP contribution in [0.25, 0.3) is 0 Å². The van der Waals surface area contributed by atoms with Gasteiger partial charge in [-0.1, -0.05) is 29.3 Å². The van der Waals surface area contributed by atoms with E-state index in [0.29, 0.717) is 19.3 Å². The van der Waals surface area contributed by atoms with E-state index in [1.165, 1.54) is 6.07 Å². The Morgan fingerprint density at radius 2 is 1.96 bits per heavy atom. The summed E-state index contributed by atoms with van der Waals surface area (Å²) in [5, 5.41) is 14.7. The number of benzene rings is 1. The van der Waals surface area contributed by atoms with Crippen molar-refractivity contribution >= 4 is 41.0 Å². The molecule has 2 rings (SSSR count). The first-order valence-corrected chi connectivity index (χ1v) is 8.33. The summed E-state index contributed by atoms with van der Waals surface area (Å²) in [7, 11) is 0. The van der Waals surface area contributed by atoms with Gasteiger partial charge in [0.2, 0.25) is 5.91 Å². The van der Waals surface area contributed by atoms with Crippen molar-refractivity contribution in [1.82, 2.24) is 10.6 Å². The smallest absolute Gasteiger partial charge is 0.306 e. The SMILES string of the molecule is CC(NC(=O)c1cccc(Cl)c1Cl)C(=O)N[C@@H]1CC[C@H](C(=O)O)C1. The fourth-order valence-corrected chi connectivity index (χ4v) is 3.07. The Morgan fingerprint density at radius 1 is 1.25 bits per heavy atom. The quantitative estimate of drug-likeness (QED) is 0.739. The summed E-state index contributed by atoms with van der Waals surface area (Å²) in [5.41, 5.74) is 0.190. The number of carboxylic acid groups (broad SMARTS) is 1. The zero-order valence-electron chi connectivity index (χ0n) is 13.0. The van der Waals surface area contributed by atoms with Gasteiger partial charge in [0.05, 0.1) is 21.5 Å². The number of carboxylic acids is 1. The van der Waals surface area contributed by atoms with Crippen molar-refractivity contribution < 1.29 is 19.5 Å². The van der Waals surface area contributed by atoms with Crippen LogP contribution in [0.4, 0.5) is 0 Å². The standard InChI is InChI=1S/C16H18Cl2N2O4/c1-8(14(21)20-10-6-5-9(7-10)16(23)24)19-15(22)11-3-2-4-12(17)13(11)18/h2-4,8-10H,5-7H2,1H3,(H,19,22)(H,20,21)(H,23,24)/t8?,9-,10+/m0/s1. The first-order valence-electron chi connectivity index (χ1n) is 7.57. The molecule has 130 valence electrons. The third-order valence-electron chi connectivity index (χ3n) is 4.07. The molecule has 0 aromatic heterocycles. The van der Waals surface area contributed by atoms with Gasteiger partial charge < -0.3 is 15.7 Å². The molecule has 1 fully saturated rings. The number of amides is 2. The van der Waals surface area contributed by atoms with Crippen molar-refractivity contribution in [3.63, 3.8) is 0 Å². The molecule has 1 aliphatic carbocycles. The highest BCUT2D eigenvalue weighted by molar-refractivity contribution is 6.43. The van der Waals surface area contributed by atoms with E-state index in [0.717, 1.165) is 0 Å². The minimum Gasteiger partial charge on any atom is -0.481 e. The van der Waals surface area contributed by atoms with Crippen molar-refractivity contribution in [3.05, 3.63) is 33.8 Å². The van der Waals surface area contributed by atoms with Gasteiger partial charge in [0.15, 0.2) is 0 Å². The van der Waals surface area contributed by atoms with E-state index in [4.69, 9.17) is 28.3 Å². The lowest BCUT2D eigenvalue weighted by Crippen LogP contribution is -2.47. The summed E-state index contributed by atoms with van der Waals surface area (Å²) < 4.78 is 0. The lowest BCUT2D eigenvalue weighted by Gasteiger charge is -2.18. The van der Waals surface area contributed by atoms with Crippen LogP contribution in [-0.2, 0) is 9.59 Å². The third-order valence-corrected chi connectivity index (χ3v) is 4.88. The van der Waals surface area contributed by atoms with Crippen LogP contribution in [0.15, 0.2) is 18.2 Å². The van der Waals surface area contributed by atoms with Crippen molar-refractivity contribution in [2.45, 2.75) is 38.3 Å². The van der Waals surface area contributed by atoms with Gasteiger partial charge in [-0.05, 0) is 38.3 Å². The molecule has 1 saturated carbocycles. The van der Waals surface area contributed by atoms with Gasteiger partial charge in [0, 0.05) is 6.04 Å². The van der Waals surface area contributed by atoms with E-state index < -0.39 is 23.8 Å². The molecule has 3 N–H and O–H groups in total. The summed E-state index contributed by atoms with van der Waals surface area (Å²) in [5.74, 6) is -2.13. The van der Waals surface area contributed by atoms with Crippen LogP contribution >= 0.6 is 23.2 Å². The van der Waals surface area contributed by atoms with Crippen LogP contribution in [0.5, 0.6) is 0 Å². The molecule has 1 aromatic carbocycles. The van der Waals surface area contributed by atoms with E-state index in [9.17, 15) is 14.4 Å². The Bertz CT molecular complexity index is 665. The summed E-state index contributed by atoms with van der Waals surface area (Å²) in [6.45, 7) is 1.55. The van der Waals surface area contributed by atoms with Gasteiger partial charge >= 0.3 is 5.97 Å². The minimum atomic E-state index is -0.844. The van der Waals surface area contributed by atoms with Crippen molar-refractivity contribution in [2.75, 3.05) is 0 Å². The van der Waals surface area contributed by atoms with Gasteiger partial charge in [0.25, 0.3) is 5.91 Å². The van der Waals surface area contributed by atoms with Gasteiger partial charge in [-0.15, -0.1) is 0 Å². The lowest BCUT2D eigenvalue weighted by molar-refractivity contribution is -0.141. The Kier molecular flexibility index (Phi) is 6.07. The molecule has 1 aliphatic rings. The van der Waals surface area contributed by atoms with E-state index in [1.807, 2.05) is 0 Å². The molecule has 6 nitrogen and oxygen atoms in total. The summed E-state index contributed by atoms with van der Waals surface area (Å²) in [4.78, 5) is 35.3. The monoisotopic (exact) mass is 372 g/mol.